The maximum absolute atomic E-state index is 5.84. The first-order valence-corrected chi connectivity index (χ1v) is 6.02. The van der Waals surface area contributed by atoms with Gasteiger partial charge in [-0.25, -0.2) is 0 Å². The average molecular weight is 254 g/mol. The Bertz CT molecular complexity index is 720. The number of nitrogen functional groups attached to an aromatic ring is 1. The summed E-state index contributed by atoms with van der Waals surface area (Å²) in [5, 5.41) is 3.15. The zero-order valence-electron chi connectivity index (χ0n) is 10.6. The highest BCUT2D eigenvalue weighted by molar-refractivity contribution is 5.86. The fraction of sp³-hybridized carbons (Fsp3) is 0.143. The van der Waals surface area contributed by atoms with E-state index in [1.165, 1.54) is 5.56 Å². The third-order valence-corrected chi connectivity index (χ3v) is 3.03. The Morgan fingerprint density at radius 1 is 1.32 bits per heavy atom. The molecule has 0 aliphatic carbocycles. The van der Waals surface area contributed by atoms with Crippen LogP contribution in [0.2, 0.25) is 0 Å². The highest BCUT2D eigenvalue weighted by Gasteiger charge is 2.08. The van der Waals surface area contributed by atoms with Crippen LogP contribution < -0.4 is 11.1 Å². The van der Waals surface area contributed by atoms with Crippen LogP contribution in [0.4, 0.5) is 11.7 Å². The molecule has 3 aromatic rings. The smallest absolute Gasteiger partial charge is 0.296 e. The van der Waals surface area contributed by atoms with Crippen molar-refractivity contribution >= 4 is 22.8 Å². The summed E-state index contributed by atoms with van der Waals surface area (Å²) in [5.74, 6) is 0. The molecule has 3 rings (SSSR count). The molecule has 5 heteroatoms. The minimum Gasteiger partial charge on any atom is -0.423 e. The van der Waals surface area contributed by atoms with Crippen molar-refractivity contribution in [3.63, 3.8) is 0 Å². The number of benzene rings is 1. The predicted octanol–water partition coefficient (Wildman–Crippen LogP) is 2.73. The van der Waals surface area contributed by atoms with Crippen LogP contribution in [0.25, 0.3) is 11.1 Å². The van der Waals surface area contributed by atoms with E-state index < -0.39 is 0 Å². The molecule has 0 saturated carbocycles. The van der Waals surface area contributed by atoms with Crippen LogP contribution in [0.15, 0.2) is 41.1 Å². The van der Waals surface area contributed by atoms with Gasteiger partial charge < -0.3 is 15.5 Å². The third kappa shape index (κ3) is 2.22. The lowest BCUT2D eigenvalue weighted by Gasteiger charge is -2.04. The van der Waals surface area contributed by atoms with Gasteiger partial charge in [-0.3, -0.25) is 4.98 Å². The number of fused-ring (bicyclic) bond motifs is 1. The summed E-state index contributed by atoms with van der Waals surface area (Å²) in [6.45, 7) is 2.66. The number of anilines is 2. The van der Waals surface area contributed by atoms with Crippen LogP contribution in [0.5, 0.6) is 0 Å². The van der Waals surface area contributed by atoms with Crippen molar-refractivity contribution in [3.8, 4) is 0 Å². The lowest BCUT2D eigenvalue weighted by Crippen LogP contribution is -2.01. The van der Waals surface area contributed by atoms with Gasteiger partial charge in [-0.05, 0) is 36.2 Å². The van der Waals surface area contributed by atoms with E-state index in [1.54, 1.807) is 12.3 Å². The number of nitrogens with zero attached hydrogens (tertiary/aromatic N) is 2. The molecular formula is C14H14N4O. The molecule has 0 spiro atoms. The molecule has 0 bridgehead atoms. The maximum atomic E-state index is 5.84. The zero-order valence-corrected chi connectivity index (χ0v) is 10.6. The van der Waals surface area contributed by atoms with Crippen molar-refractivity contribution in [2.75, 3.05) is 11.1 Å². The summed E-state index contributed by atoms with van der Waals surface area (Å²) < 4.78 is 5.59. The number of rotatable bonds is 3. The second-order valence-corrected chi connectivity index (χ2v) is 4.37. The largest absolute Gasteiger partial charge is 0.423 e. The monoisotopic (exact) mass is 254 g/mol. The van der Waals surface area contributed by atoms with Crippen LogP contribution in [-0.2, 0) is 6.54 Å². The van der Waals surface area contributed by atoms with Crippen LogP contribution >= 0.6 is 0 Å². The van der Waals surface area contributed by atoms with Gasteiger partial charge >= 0.3 is 0 Å². The Labute approximate surface area is 110 Å². The highest BCUT2D eigenvalue weighted by Crippen LogP contribution is 2.23. The summed E-state index contributed by atoms with van der Waals surface area (Å²) in [6.07, 6.45) is 3.61. The Kier molecular flexibility index (Phi) is 2.79. The maximum Gasteiger partial charge on any atom is 0.296 e. The lowest BCUT2D eigenvalue weighted by molar-refractivity contribution is 0.614. The van der Waals surface area contributed by atoms with E-state index in [-0.39, 0.29) is 0 Å². The lowest BCUT2D eigenvalue weighted by atomic mass is 10.2. The van der Waals surface area contributed by atoms with E-state index in [2.05, 4.69) is 15.3 Å². The molecule has 0 aliphatic heterocycles. The van der Waals surface area contributed by atoms with Crippen LogP contribution in [0.1, 0.15) is 11.1 Å². The Morgan fingerprint density at radius 2 is 2.21 bits per heavy atom. The molecule has 0 unspecified atom stereocenters. The molecule has 0 fully saturated rings. The third-order valence-electron chi connectivity index (χ3n) is 3.03. The molecule has 0 atom stereocenters. The number of aryl methyl sites for hydroxylation is 1. The fourth-order valence-corrected chi connectivity index (χ4v) is 1.90. The summed E-state index contributed by atoms with van der Waals surface area (Å²) in [4.78, 5) is 8.44. The predicted molar refractivity (Wildman–Crippen MR) is 74.7 cm³/mol. The van der Waals surface area contributed by atoms with E-state index in [0.29, 0.717) is 29.3 Å². The molecule has 0 aliphatic rings. The molecule has 0 radical (unpaired) electrons. The van der Waals surface area contributed by atoms with Gasteiger partial charge in [0.1, 0.15) is 5.52 Å². The number of nitrogens with two attached hydrogens (primary N) is 1. The van der Waals surface area contributed by atoms with Gasteiger partial charge in [-0.1, -0.05) is 6.07 Å². The molecule has 0 amide bonds. The van der Waals surface area contributed by atoms with E-state index in [4.69, 9.17) is 10.2 Å². The van der Waals surface area contributed by atoms with E-state index >= 15 is 0 Å². The summed E-state index contributed by atoms with van der Waals surface area (Å²) >= 11 is 0. The summed E-state index contributed by atoms with van der Waals surface area (Å²) in [5.41, 5.74) is 10.1. The summed E-state index contributed by atoms with van der Waals surface area (Å²) in [6, 6.07) is 7.94. The number of para-hydroxylation sites is 1. The Hall–Kier alpha value is -2.56. The SMILES string of the molecule is Cc1ccncc1CNc1nc2c(N)cccc2o1. The quantitative estimate of drug-likeness (QED) is 0.703. The van der Waals surface area contributed by atoms with Crippen molar-refractivity contribution in [1.29, 1.82) is 0 Å². The first-order valence-electron chi connectivity index (χ1n) is 6.02. The van der Waals surface area contributed by atoms with Gasteiger partial charge in [-0.2, -0.15) is 4.98 Å². The number of nitrogens with one attached hydrogen (secondary N) is 1. The Morgan fingerprint density at radius 3 is 3.00 bits per heavy atom. The van der Waals surface area contributed by atoms with Crippen LogP contribution in [0, 0.1) is 6.92 Å². The van der Waals surface area contributed by atoms with E-state index in [1.807, 2.05) is 31.3 Å². The normalized spacial score (nSPS) is 10.8. The van der Waals surface area contributed by atoms with Crippen molar-refractivity contribution in [1.82, 2.24) is 9.97 Å². The number of hydrogen-bond acceptors (Lipinski definition) is 5. The average Bonchev–Trinajstić information content (AvgIpc) is 2.82. The van der Waals surface area contributed by atoms with Gasteiger partial charge in [0.15, 0.2) is 5.58 Å². The van der Waals surface area contributed by atoms with Crippen LogP contribution in [0.3, 0.4) is 0 Å². The molecule has 19 heavy (non-hydrogen) atoms. The van der Waals surface area contributed by atoms with Crippen molar-refractivity contribution in [2.45, 2.75) is 13.5 Å². The molecule has 3 N–H and O–H groups in total. The minimum atomic E-state index is 0.469. The number of aromatic nitrogens is 2. The topological polar surface area (TPSA) is 77.0 Å². The number of oxazole rings is 1. The molecule has 1 aromatic carbocycles. The molecule has 96 valence electrons. The zero-order chi connectivity index (χ0) is 13.2. The highest BCUT2D eigenvalue weighted by atomic mass is 16.4. The van der Waals surface area contributed by atoms with Crippen molar-refractivity contribution < 1.29 is 4.42 Å². The molecule has 2 heterocycles. The first-order chi connectivity index (χ1) is 9.24. The van der Waals surface area contributed by atoms with Crippen molar-refractivity contribution in [2.24, 2.45) is 0 Å². The van der Waals surface area contributed by atoms with E-state index in [0.717, 1.165) is 5.56 Å². The Balaban J connectivity index is 1.83. The second-order valence-electron chi connectivity index (χ2n) is 4.37. The van der Waals surface area contributed by atoms with Gasteiger partial charge in [0.05, 0.1) is 5.69 Å². The first kappa shape index (κ1) is 11.5. The van der Waals surface area contributed by atoms with Crippen LogP contribution in [-0.4, -0.2) is 9.97 Å². The van der Waals surface area contributed by atoms with E-state index in [9.17, 15) is 0 Å². The fourth-order valence-electron chi connectivity index (χ4n) is 1.90. The number of hydrogen-bond donors (Lipinski definition) is 2. The standard InChI is InChI=1S/C14H14N4O/c1-9-5-6-16-7-10(9)8-17-14-18-13-11(15)3-2-4-12(13)19-14/h2-7H,8,15H2,1H3,(H,17,18). The second kappa shape index (κ2) is 4.61. The van der Waals surface area contributed by atoms with Gasteiger partial charge in [0, 0.05) is 18.9 Å². The van der Waals surface area contributed by atoms with Crippen molar-refractivity contribution in [3.05, 3.63) is 47.8 Å². The van der Waals surface area contributed by atoms with Gasteiger partial charge in [0.25, 0.3) is 6.01 Å². The van der Waals surface area contributed by atoms with Gasteiger partial charge in [0.2, 0.25) is 0 Å². The molecule has 0 saturated heterocycles. The molecule has 2 aromatic heterocycles. The summed E-state index contributed by atoms with van der Waals surface area (Å²) in [7, 11) is 0. The number of pyridine rings is 1. The van der Waals surface area contributed by atoms with Gasteiger partial charge in [-0.15, -0.1) is 0 Å². The molecule has 5 nitrogen and oxygen atoms in total. The molecular weight excluding hydrogens is 240 g/mol. The minimum absolute atomic E-state index is 0.469.